The highest BCUT2D eigenvalue weighted by atomic mass is 16.2. The summed E-state index contributed by atoms with van der Waals surface area (Å²) in [6.45, 7) is 2.77. The predicted molar refractivity (Wildman–Crippen MR) is 71.1 cm³/mol. The number of aromatic nitrogens is 2. The maximum Gasteiger partial charge on any atom is 0.330 e. The van der Waals surface area contributed by atoms with E-state index in [9.17, 15) is 14.4 Å². The molecule has 1 aliphatic rings. The molecular weight excluding hydrogens is 250 g/mol. The molecule has 0 bridgehead atoms. The van der Waals surface area contributed by atoms with E-state index < -0.39 is 11.2 Å². The van der Waals surface area contributed by atoms with Crippen LogP contribution in [0.25, 0.3) is 0 Å². The first-order valence-electron chi connectivity index (χ1n) is 6.18. The van der Waals surface area contributed by atoms with Crippen molar-refractivity contribution in [2.45, 2.75) is 32.4 Å². The summed E-state index contributed by atoms with van der Waals surface area (Å²) in [4.78, 5) is 36.7. The lowest BCUT2D eigenvalue weighted by atomic mass is 10.2. The van der Waals surface area contributed by atoms with Crippen LogP contribution in [0.3, 0.4) is 0 Å². The maximum absolute atomic E-state index is 11.8. The van der Waals surface area contributed by atoms with Gasteiger partial charge in [0.25, 0.3) is 5.56 Å². The molecule has 1 aromatic rings. The highest BCUT2D eigenvalue weighted by molar-refractivity contribution is 5.80. The molecule has 0 aliphatic carbocycles. The Balaban J connectivity index is 2.34. The number of rotatable bonds is 4. The quantitative estimate of drug-likeness (QED) is 0.547. The van der Waals surface area contributed by atoms with Gasteiger partial charge in [0, 0.05) is 19.5 Å². The van der Waals surface area contributed by atoms with Gasteiger partial charge in [-0.25, -0.2) is 4.79 Å². The van der Waals surface area contributed by atoms with Crippen LogP contribution in [0.4, 0.5) is 11.5 Å². The van der Waals surface area contributed by atoms with Crippen molar-refractivity contribution in [3.63, 3.8) is 0 Å². The molecule has 8 heteroatoms. The summed E-state index contributed by atoms with van der Waals surface area (Å²) in [7, 11) is 0. The molecular formula is C11H17N5O3. The minimum absolute atomic E-state index is 0.0746. The highest BCUT2D eigenvalue weighted by Crippen LogP contribution is 2.14. The maximum atomic E-state index is 11.8. The third-order valence-electron chi connectivity index (χ3n) is 3.01. The summed E-state index contributed by atoms with van der Waals surface area (Å²) in [5.74, 6) is 0.0318. The molecule has 1 amide bonds. The number of hydrogen-bond acceptors (Lipinski definition) is 5. The zero-order chi connectivity index (χ0) is 14.0. The van der Waals surface area contributed by atoms with E-state index in [4.69, 9.17) is 5.73 Å². The van der Waals surface area contributed by atoms with Crippen LogP contribution in [-0.2, 0) is 11.3 Å². The Bertz CT molecular complexity index is 603. The number of carbonyl (C=O) groups is 1. The Labute approximate surface area is 109 Å². The number of hydrogen-bond donors (Lipinski definition) is 4. The van der Waals surface area contributed by atoms with Gasteiger partial charge in [-0.1, -0.05) is 6.92 Å². The Hall–Kier alpha value is -2.25. The van der Waals surface area contributed by atoms with Gasteiger partial charge in [0.1, 0.15) is 11.5 Å². The third-order valence-corrected chi connectivity index (χ3v) is 3.01. The summed E-state index contributed by atoms with van der Waals surface area (Å²) in [5, 5.41) is 5.58. The second kappa shape index (κ2) is 5.17. The van der Waals surface area contributed by atoms with Crippen LogP contribution in [0.5, 0.6) is 0 Å². The van der Waals surface area contributed by atoms with E-state index in [2.05, 4.69) is 15.6 Å². The first-order chi connectivity index (χ1) is 9.02. The normalized spacial score (nSPS) is 18.4. The molecule has 0 aromatic carbocycles. The lowest BCUT2D eigenvalue weighted by Crippen LogP contribution is -2.36. The van der Waals surface area contributed by atoms with Crippen LogP contribution in [0, 0.1) is 0 Å². The third kappa shape index (κ3) is 2.61. The van der Waals surface area contributed by atoms with E-state index in [1.165, 1.54) is 4.57 Å². The lowest BCUT2D eigenvalue weighted by molar-refractivity contribution is -0.119. The van der Waals surface area contributed by atoms with E-state index in [-0.39, 0.29) is 29.9 Å². The second-order valence-electron chi connectivity index (χ2n) is 4.52. The molecule has 1 atom stereocenters. The van der Waals surface area contributed by atoms with E-state index >= 15 is 0 Å². The molecule has 1 aliphatic heterocycles. The van der Waals surface area contributed by atoms with Gasteiger partial charge >= 0.3 is 5.69 Å². The van der Waals surface area contributed by atoms with E-state index in [1.54, 1.807) is 0 Å². The number of nitrogens with one attached hydrogen (secondary N) is 3. The highest BCUT2D eigenvalue weighted by Gasteiger charge is 2.23. The molecule has 1 fully saturated rings. The first kappa shape index (κ1) is 13.2. The molecule has 0 radical (unpaired) electrons. The summed E-state index contributed by atoms with van der Waals surface area (Å²) in [5.41, 5.74) is 4.93. The largest absolute Gasteiger partial charge is 0.383 e. The van der Waals surface area contributed by atoms with Crippen molar-refractivity contribution in [3.8, 4) is 0 Å². The van der Waals surface area contributed by atoms with Gasteiger partial charge in [-0.15, -0.1) is 0 Å². The Morgan fingerprint density at radius 2 is 2.16 bits per heavy atom. The van der Waals surface area contributed by atoms with Gasteiger partial charge in [-0.05, 0) is 6.42 Å². The molecule has 1 unspecified atom stereocenters. The SMILES string of the molecule is CCCn1c(N)c(NC2CNC(=O)C2)c(=O)[nH]c1=O. The van der Waals surface area contributed by atoms with Crippen molar-refractivity contribution in [2.75, 3.05) is 17.6 Å². The molecule has 0 spiro atoms. The van der Waals surface area contributed by atoms with Crippen LogP contribution in [0.1, 0.15) is 19.8 Å². The van der Waals surface area contributed by atoms with Crippen molar-refractivity contribution < 1.29 is 4.79 Å². The Kier molecular flexibility index (Phi) is 3.59. The molecule has 104 valence electrons. The first-order valence-corrected chi connectivity index (χ1v) is 6.18. The van der Waals surface area contributed by atoms with Gasteiger partial charge in [0.05, 0.1) is 6.04 Å². The fraction of sp³-hybridized carbons (Fsp3) is 0.545. The van der Waals surface area contributed by atoms with Gasteiger partial charge in [-0.3, -0.25) is 19.1 Å². The average molecular weight is 267 g/mol. The Morgan fingerprint density at radius 3 is 2.74 bits per heavy atom. The number of nitrogens with zero attached hydrogens (tertiary/aromatic N) is 1. The standard InChI is InChI=1S/C11H17N5O3/c1-2-3-16-9(12)8(10(18)15-11(16)19)14-6-4-7(17)13-5-6/h6,14H,2-5,12H2,1H3,(H,13,17)(H,15,18,19). The van der Waals surface area contributed by atoms with Gasteiger partial charge in [-0.2, -0.15) is 0 Å². The molecule has 19 heavy (non-hydrogen) atoms. The molecule has 1 saturated heterocycles. The second-order valence-corrected chi connectivity index (χ2v) is 4.52. The van der Waals surface area contributed by atoms with Crippen LogP contribution >= 0.6 is 0 Å². The summed E-state index contributed by atoms with van der Waals surface area (Å²) >= 11 is 0. The van der Waals surface area contributed by atoms with Crippen molar-refractivity contribution in [1.82, 2.24) is 14.9 Å². The van der Waals surface area contributed by atoms with E-state index in [0.717, 1.165) is 6.42 Å². The molecule has 1 aromatic heterocycles. The minimum atomic E-state index is -0.561. The van der Waals surface area contributed by atoms with Crippen LogP contribution in [0.2, 0.25) is 0 Å². The van der Waals surface area contributed by atoms with E-state index in [1.807, 2.05) is 6.92 Å². The van der Waals surface area contributed by atoms with Crippen LogP contribution < -0.4 is 27.6 Å². The van der Waals surface area contributed by atoms with Crippen molar-refractivity contribution in [2.24, 2.45) is 0 Å². The number of aromatic amines is 1. The zero-order valence-electron chi connectivity index (χ0n) is 10.7. The zero-order valence-corrected chi connectivity index (χ0v) is 10.7. The predicted octanol–water partition coefficient (Wildman–Crippen LogP) is -1.17. The number of carbonyl (C=O) groups excluding carboxylic acids is 1. The van der Waals surface area contributed by atoms with Gasteiger partial charge < -0.3 is 16.4 Å². The van der Waals surface area contributed by atoms with E-state index in [0.29, 0.717) is 13.1 Å². The van der Waals surface area contributed by atoms with Crippen molar-refractivity contribution >= 4 is 17.4 Å². The smallest absolute Gasteiger partial charge is 0.330 e. The van der Waals surface area contributed by atoms with Gasteiger partial charge in [0.15, 0.2) is 0 Å². The molecule has 0 saturated carbocycles. The minimum Gasteiger partial charge on any atom is -0.383 e. The number of nitrogen functional groups attached to an aromatic ring is 1. The molecule has 8 nitrogen and oxygen atoms in total. The fourth-order valence-electron chi connectivity index (χ4n) is 2.08. The molecule has 2 heterocycles. The number of H-pyrrole nitrogens is 1. The van der Waals surface area contributed by atoms with Crippen molar-refractivity contribution in [1.29, 1.82) is 0 Å². The Morgan fingerprint density at radius 1 is 1.42 bits per heavy atom. The topological polar surface area (TPSA) is 122 Å². The molecule has 5 N–H and O–H groups in total. The number of amides is 1. The van der Waals surface area contributed by atoms with Crippen molar-refractivity contribution in [3.05, 3.63) is 20.8 Å². The summed E-state index contributed by atoms with van der Waals surface area (Å²) in [6, 6.07) is -0.191. The summed E-state index contributed by atoms with van der Waals surface area (Å²) in [6.07, 6.45) is 1.00. The average Bonchev–Trinajstić information content (AvgIpc) is 2.76. The number of anilines is 2. The summed E-state index contributed by atoms with van der Waals surface area (Å²) < 4.78 is 1.31. The molecule has 2 rings (SSSR count). The lowest BCUT2D eigenvalue weighted by Gasteiger charge is -2.16. The monoisotopic (exact) mass is 267 g/mol. The van der Waals surface area contributed by atoms with Gasteiger partial charge in [0.2, 0.25) is 5.91 Å². The van der Waals surface area contributed by atoms with Crippen LogP contribution in [-0.4, -0.2) is 28.0 Å². The number of nitrogens with two attached hydrogens (primary N) is 1. The fourth-order valence-corrected chi connectivity index (χ4v) is 2.08. The van der Waals surface area contributed by atoms with Crippen LogP contribution in [0.15, 0.2) is 9.59 Å².